The number of carbonyl (C=O) groups is 1. The summed E-state index contributed by atoms with van der Waals surface area (Å²) >= 11 is 5.79. The van der Waals surface area contributed by atoms with Gasteiger partial charge in [0.25, 0.3) is 0 Å². The number of hydrogen-bond donors (Lipinski definition) is 0. The van der Waals surface area contributed by atoms with Crippen molar-refractivity contribution in [1.82, 2.24) is 4.90 Å². The van der Waals surface area contributed by atoms with E-state index in [9.17, 15) is 4.79 Å². The van der Waals surface area contributed by atoms with Crippen LogP contribution < -0.4 is 0 Å². The molecule has 0 spiro atoms. The van der Waals surface area contributed by atoms with Crippen molar-refractivity contribution in [3.8, 4) is 0 Å². The Labute approximate surface area is 134 Å². The molecule has 0 amide bonds. The first-order valence-corrected chi connectivity index (χ1v) is 7.70. The molecule has 0 bridgehead atoms. The molecule has 0 aromatic heterocycles. The van der Waals surface area contributed by atoms with Crippen molar-refractivity contribution in [1.29, 1.82) is 0 Å². The molecule has 1 unspecified atom stereocenters. The lowest BCUT2D eigenvalue weighted by molar-refractivity contribution is -0.109. The lowest BCUT2D eigenvalue weighted by Crippen LogP contribution is -2.35. The number of nitrogens with zero attached hydrogens (tertiary/aromatic N) is 1. The van der Waals surface area contributed by atoms with Crippen molar-refractivity contribution in [2.75, 3.05) is 19.5 Å². The van der Waals surface area contributed by atoms with Gasteiger partial charge in [0.2, 0.25) is 0 Å². The summed E-state index contributed by atoms with van der Waals surface area (Å²) in [5.41, 5.74) is 1.25. The number of alkyl halides is 1. The molecule has 0 aliphatic heterocycles. The van der Waals surface area contributed by atoms with Crippen molar-refractivity contribution >= 4 is 17.9 Å². The van der Waals surface area contributed by atoms with E-state index in [1.165, 1.54) is 5.56 Å². The fourth-order valence-corrected chi connectivity index (χ4v) is 1.61. The highest BCUT2D eigenvalue weighted by atomic mass is 35.5. The maximum atomic E-state index is 10.5. The molecule has 0 saturated carbocycles. The van der Waals surface area contributed by atoms with Gasteiger partial charge in [0, 0.05) is 25.6 Å². The molecule has 4 heteroatoms. The Bertz CT molecular complexity index is 376. The van der Waals surface area contributed by atoms with Crippen LogP contribution in [0.25, 0.3) is 0 Å². The zero-order chi connectivity index (χ0) is 16.3. The fourth-order valence-electron chi connectivity index (χ4n) is 1.41. The Morgan fingerprint density at radius 1 is 1.29 bits per heavy atom. The predicted octanol–water partition coefficient (Wildman–Crippen LogP) is 3.75. The zero-order valence-electron chi connectivity index (χ0n) is 13.8. The highest BCUT2D eigenvalue weighted by Crippen LogP contribution is 2.08. The molecule has 0 saturated heterocycles. The molecule has 0 fully saturated rings. The van der Waals surface area contributed by atoms with E-state index >= 15 is 0 Å². The lowest BCUT2D eigenvalue weighted by atomic mass is 10.2. The Kier molecular flexibility index (Phi) is 10.3. The lowest BCUT2D eigenvalue weighted by Gasteiger charge is -2.25. The van der Waals surface area contributed by atoms with Crippen LogP contribution in [0.5, 0.6) is 0 Å². The van der Waals surface area contributed by atoms with Crippen molar-refractivity contribution in [3.63, 3.8) is 0 Å². The molecule has 0 aliphatic carbocycles. The van der Waals surface area contributed by atoms with Crippen LogP contribution in [-0.4, -0.2) is 42.4 Å². The summed E-state index contributed by atoms with van der Waals surface area (Å²) in [5, 5.41) is 0. The normalized spacial score (nSPS) is 12.5. The van der Waals surface area contributed by atoms with E-state index in [0.29, 0.717) is 12.4 Å². The Balaban J connectivity index is 0.000000567. The van der Waals surface area contributed by atoms with E-state index < -0.39 is 0 Å². The fraction of sp³-hybridized carbons (Fsp3) is 0.588. The average molecular weight is 314 g/mol. The number of methoxy groups -OCH3 is 1. The van der Waals surface area contributed by atoms with Gasteiger partial charge in [0.1, 0.15) is 6.29 Å². The van der Waals surface area contributed by atoms with Gasteiger partial charge in [-0.25, -0.2) is 0 Å². The largest absolute Gasteiger partial charge is 0.379 e. The molecule has 1 aromatic carbocycles. The summed E-state index contributed by atoms with van der Waals surface area (Å²) in [6, 6.07) is 10.3. The molecule has 120 valence electrons. The second kappa shape index (κ2) is 10.8. The topological polar surface area (TPSA) is 29.5 Å². The molecule has 0 heterocycles. The minimum atomic E-state index is 0.0417. The highest BCUT2D eigenvalue weighted by molar-refractivity contribution is 6.18. The van der Waals surface area contributed by atoms with Crippen LogP contribution in [0.1, 0.15) is 33.3 Å². The SMILES string of the molecule is CC(CCl)N(CC=O)Cc1ccccc1.COC(C)(C)C. The molecular formula is C17H28ClNO2. The average Bonchev–Trinajstić information content (AvgIpc) is 2.47. The van der Waals surface area contributed by atoms with Crippen LogP contribution >= 0.6 is 11.6 Å². The maximum Gasteiger partial charge on any atom is 0.134 e. The van der Waals surface area contributed by atoms with Gasteiger partial charge in [0.15, 0.2) is 0 Å². The van der Waals surface area contributed by atoms with E-state index in [4.69, 9.17) is 16.3 Å². The second-order valence-electron chi connectivity index (χ2n) is 5.90. The Morgan fingerprint density at radius 2 is 1.81 bits per heavy atom. The number of aldehydes is 1. The molecule has 21 heavy (non-hydrogen) atoms. The zero-order valence-corrected chi connectivity index (χ0v) is 14.6. The third-order valence-corrected chi connectivity index (χ3v) is 3.44. The van der Waals surface area contributed by atoms with Crippen LogP contribution in [0.3, 0.4) is 0 Å². The molecule has 1 rings (SSSR count). The number of carbonyl (C=O) groups excluding carboxylic acids is 1. The Hall–Kier alpha value is -0.900. The molecule has 3 nitrogen and oxygen atoms in total. The summed E-state index contributed by atoms with van der Waals surface area (Å²) < 4.78 is 4.94. The monoisotopic (exact) mass is 313 g/mol. The van der Waals surface area contributed by atoms with E-state index in [0.717, 1.165) is 12.8 Å². The first-order chi connectivity index (χ1) is 9.84. The Morgan fingerprint density at radius 3 is 2.19 bits per heavy atom. The van der Waals surface area contributed by atoms with Gasteiger partial charge >= 0.3 is 0 Å². The number of hydrogen-bond acceptors (Lipinski definition) is 3. The van der Waals surface area contributed by atoms with Crippen LogP contribution in [0.15, 0.2) is 30.3 Å². The summed E-state index contributed by atoms with van der Waals surface area (Å²) in [5.74, 6) is 0.542. The standard InChI is InChI=1S/C12H16ClNO.C5H12O/c1-11(9-13)14(7-8-15)10-12-5-3-2-4-6-12;1-5(2,3)6-4/h2-6,8,11H,7,9-10H2,1H3;1-4H3. The number of halogens is 1. The number of ether oxygens (including phenoxy) is 1. The van der Waals surface area contributed by atoms with Gasteiger partial charge in [-0.3, -0.25) is 4.90 Å². The smallest absolute Gasteiger partial charge is 0.134 e. The molecule has 0 aliphatic rings. The minimum Gasteiger partial charge on any atom is -0.379 e. The van der Waals surface area contributed by atoms with Gasteiger partial charge < -0.3 is 9.53 Å². The van der Waals surface area contributed by atoms with E-state index in [1.807, 2.05) is 45.9 Å². The third-order valence-electron chi connectivity index (χ3n) is 3.00. The molecule has 0 radical (unpaired) electrons. The maximum absolute atomic E-state index is 10.5. The van der Waals surface area contributed by atoms with Crippen LogP contribution in [0.2, 0.25) is 0 Å². The summed E-state index contributed by atoms with van der Waals surface area (Å²) in [7, 11) is 1.71. The quantitative estimate of drug-likeness (QED) is 0.592. The van der Waals surface area contributed by atoms with Gasteiger partial charge in [-0.1, -0.05) is 30.3 Å². The van der Waals surface area contributed by atoms with E-state index in [-0.39, 0.29) is 11.6 Å². The van der Waals surface area contributed by atoms with Crippen molar-refractivity contribution < 1.29 is 9.53 Å². The van der Waals surface area contributed by atoms with E-state index in [2.05, 4.69) is 17.0 Å². The van der Waals surface area contributed by atoms with Crippen molar-refractivity contribution in [2.24, 2.45) is 0 Å². The molecule has 1 atom stereocenters. The van der Waals surface area contributed by atoms with Gasteiger partial charge in [-0.05, 0) is 33.3 Å². The van der Waals surface area contributed by atoms with Crippen LogP contribution in [0, 0.1) is 0 Å². The van der Waals surface area contributed by atoms with E-state index in [1.54, 1.807) is 7.11 Å². The number of benzene rings is 1. The highest BCUT2D eigenvalue weighted by Gasteiger charge is 2.12. The van der Waals surface area contributed by atoms with Crippen molar-refractivity contribution in [3.05, 3.63) is 35.9 Å². The minimum absolute atomic E-state index is 0.0417. The van der Waals surface area contributed by atoms with Crippen LogP contribution in [0.4, 0.5) is 0 Å². The van der Waals surface area contributed by atoms with Gasteiger partial charge in [0.05, 0.1) is 12.1 Å². The predicted molar refractivity (Wildman–Crippen MR) is 89.9 cm³/mol. The molecular weight excluding hydrogens is 286 g/mol. The third kappa shape index (κ3) is 10.5. The number of rotatable bonds is 6. The first kappa shape index (κ1) is 20.1. The summed E-state index contributed by atoms with van der Waals surface area (Å²) in [6.07, 6.45) is 0.923. The molecule has 1 aromatic rings. The second-order valence-corrected chi connectivity index (χ2v) is 6.21. The summed E-state index contributed by atoms with van der Waals surface area (Å²) in [4.78, 5) is 12.6. The van der Waals surface area contributed by atoms with Crippen molar-refractivity contribution in [2.45, 2.75) is 45.9 Å². The summed E-state index contributed by atoms with van der Waals surface area (Å²) in [6.45, 7) is 9.29. The van der Waals surface area contributed by atoms with Gasteiger partial charge in [-0.2, -0.15) is 0 Å². The molecule has 0 N–H and O–H groups in total. The van der Waals surface area contributed by atoms with Crippen LogP contribution in [-0.2, 0) is 16.1 Å². The first-order valence-electron chi connectivity index (χ1n) is 7.16. The van der Waals surface area contributed by atoms with Gasteiger partial charge in [-0.15, -0.1) is 11.6 Å².